The molecule has 0 radical (unpaired) electrons. The third-order valence-corrected chi connectivity index (χ3v) is 7.21. The third kappa shape index (κ3) is 5.69. The Labute approximate surface area is 228 Å². The zero-order valence-corrected chi connectivity index (χ0v) is 21.7. The van der Waals surface area contributed by atoms with Crippen molar-refractivity contribution in [1.82, 2.24) is 15.2 Å². The number of amides is 2. The molecule has 0 aliphatic heterocycles. The van der Waals surface area contributed by atoms with Crippen LogP contribution in [-0.2, 0) is 12.7 Å². The van der Waals surface area contributed by atoms with E-state index < -0.39 is 46.9 Å². The minimum Gasteiger partial charge on any atom is -0.391 e. The van der Waals surface area contributed by atoms with Crippen molar-refractivity contribution in [2.75, 3.05) is 0 Å². The van der Waals surface area contributed by atoms with Crippen LogP contribution in [0, 0.1) is 0 Å². The van der Waals surface area contributed by atoms with E-state index in [0.717, 1.165) is 12.1 Å². The van der Waals surface area contributed by atoms with E-state index in [4.69, 9.17) is 29.6 Å². The minimum atomic E-state index is -5.10. The summed E-state index contributed by atoms with van der Waals surface area (Å²) in [7, 11) is 0. The smallest absolute Gasteiger partial charge is 0.391 e. The Hall–Kier alpha value is -3.32. The number of rotatable bonds is 7. The maximum atomic E-state index is 13.9. The van der Waals surface area contributed by atoms with Gasteiger partial charge in [0.2, 0.25) is 0 Å². The Morgan fingerprint density at radius 3 is 2.31 bits per heavy atom. The number of hydrogen-bond acceptors (Lipinski definition) is 3. The van der Waals surface area contributed by atoms with Crippen LogP contribution in [0.25, 0.3) is 10.9 Å². The molecule has 2 amide bonds. The van der Waals surface area contributed by atoms with Crippen molar-refractivity contribution >= 4 is 51.5 Å². The van der Waals surface area contributed by atoms with E-state index >= 15 is 0 Å². The van der Waals surface area contributed by atoms with E-state index in [0.29, 0.717) is 35.9 Å². The van der Waals surface area contributed by atoms with Crippen LogP contribution in [0.2, 0.25) is 5.02 Å². The van der Waals surface area contributed by atoms with Crippen LogP contribution >= 0.6 is 23.8 Å². The molecule has 1 atom stereocenters. The number of aryl methyl sites for hydroxylation is 1. The molecule has 0 bridgehead atoms. The van der Waals surface area contributed by atoms with Crippen LogP contribution < -0.4 is 16.4 Å². The second-order valence-electron chi connectivity index (χ2n) is 9.14. The van der Waals surface area contributed by atoms with E-state index in [1.165, 1.54) is 22.8 Å². The topological polar surface area (TPSA) is 89.2 Å². The van der Waals surface area contributed by atoms with Gasteiger partial charge in [0.1, 0.15) is 5.69 Å². The van der Waals surface area contributed by atoms with Crippen LogP contribution in [-0.4, -0.2) is 33.1 Å². The summed E-state index contributed by atoms with van der Waals surface area (Å²) in [5.74, 6) is -1.75. The number of nitrogens with zero attached hydrogens (tertiary/aromatic N) is 1. The second kappa shape index (κ2) is 10.0. The fourth-order valence-corrected chi connectivity index (χ4v) is 4.78. The van der Waals surface area contributed by atoms with Crippen molar-refractivity contribution in [3.8, 4) is 0 Å². The summed E-state index contributed by atoms with van der Waals surface area (Å²) in [4.78, 5) is 26.1. The highest BCUT2D eigenvalue weighted by atomic mass is 35.5. The molecule has 1 saturated carbocycles. The first-order valence-corrected chi connectivity index (χ1v) is 12.4. The van der Waals surface area contributed by atoms with Gasteiger partial charge in [-0.3, -0.25) is 9.59 Å². The Kier molecular flexibility index (Phi) is 7.36. The molecule has 1 unspecified atom stereocenters. The van der Waals surface area contributed by atoms with Gasteiger partial charge in [-0.05, 0) is 55.7 Å². The summed E-state index contributed by atoms with van der Waals surface area (Å²) in [6, 6.07) is 4.03. The normalized spacial score (nSPS) is 15.6. The van der Waals surface area contributed by atoms with Crippen molar-refractivity contribution in [3.05, 3.63) is 69.9 Å². The first kappa shape index (κ1) is 28.7. The van der Waals surface area contributed by atoms with Gasteiger partial charge in [0.25, 0.3) is 11.8 Å². The minimum absolute atomic E-state index is 0.0237. The predicted octanol–water partition coefficient (Wildman–Crippen LogP) is 5.92. The zero-order valence-electron chi connectivity index (χ0n) is 20.1. The van der Waals surface area contributed by atoms with Crippen LogP contribution in [0.1, 0.15) is 57.8 Å². The molecule has 1 aliphatic carbocycles. The number of aromatic nitrogens is 1. The van der Waals surface area contributed by atoms with Crippen molar-refractivity contribution in [2.45, 2.75) is 50.2 Å². The van der Waals surface area contributed by atoms with E-state index in [1.807, 2.05) is 5.32 Å². The average Bonchev–Trinajstić information content (AvgIpc) is 3.54. The van der Waals surface area contributed by atoms with Gasteiger partial charge in [-0.15, -0.1) is 0 Å². The SMILES string of the molecule is CCn1c(C(=O)NC(c2cccc(C(F)(F)F)c2)C(F)(F)F)cc2cc(C(=O)NC3(C(N)=S)CC3)c(Cl)cc21. The van der Waals surface area contributed by atoms with Gasteiger partial charge in [-0.2, -0.15) is 26.3 Å². The lowest BCUT2D eigenvalue weighted by Crippen LogP contribution is -2.45. The number of nitrogens with two attached hydrogens (primary N) is 1. The van der Waals surface area contributed by atoms with Gasteiger partial charge in [-0.1, -0.05) is 36.0 Å². The molecule has 1 aliphatic rings. The largest absolute Gasteiger partial charge is 0.416 e. The molecule has 4 rings (SSSR count). The van der Waals surface area contributed by atoms with E-state index in [9.17, 15) is 35.9 Å². The molecule has 6 nitrogen and oxygen atoms in total. The lowest BCUT2D eigenvalue weighted by molar-refractivity contribution is -0.156. The lowest BCUT2D eigenvalue weighted by Gasteiger charge is -2.23. The summed E-state index contributed by atoms with van der Waals surface area (Å²) in [6.07, 6.45) is -8.84. The highest BCUT2D eigenvalue weighted by molar-refractivity contribution is 7.80. The van der Waals surface area contributed by atoms with Gasteiger partial charge >= 0.3 is 12.4 Å². The number of alkyl halides is 6. The fourth-order valence-electron chi connectivity index (χ4n) is 4.28. The summed E-state index contributed by atoms with van der Waals surface area (Å²) in [5, 5.41) is 4.91. The van der Waals surface area contributed by atoms with Gasteiger partial charge in [0.15, 0.2) is 6.04 Å². The molecule has 2 aromatic carbocycles. The van der Waals surface area contributed by atoms with Crippen LogP contribution in [0.15, 0.2) is 42.5 Å². The fraction of sp³-hybridized carbons (Fsp3) is 0.320. The summed E-state index contributed by atoms with van der Waals surface area (Å²) in [6.45, 7) is 1.77. The number of nitrogens with one attached hydrogen (secondary N) is 2. The molecule has 0 spiro atoms. The Balaban J connectivity index is 1.69. The van der Waals surface area contributed by atoms with E-state index in [-0.39, 0.29) is 27.8 Å². The number of hydrogen-bond donors (Lipinski definition) is 3. The summed E-state index contributed by atoms with van der Waals surface area (Å²) < 4.78 is 82.4. The molecule has 39 heavy (non-hydrogen) atoms. The monoisotopic (exact) mass is 590 g/mol. The second-order valence-corrected chi connectivity index (χ2v) is 9.98. The van der Waals surface area contributed by atoms with Gasteiger partial charge in [0.05, 0.1) is 32.2 Å². The molecule has 1 heterocycles. The molecular formula is C25H21ClF6N4O2S. The predicted molar refractivity (Wildman–Crippen MR) is 137 cm³/mol. The van der Waals surface area contributed by atoms with Crippen molar-refractivity contribution < 1.29 is 35.9 Å². The summed E-state index contributed by atoms with van der Waals surface area (Å²) >= 11 is 11.3. The van der Waals surface area contributed by atoms with Crippen LogP contribution in [0.3, 0.4) is 0 Å². The number of carbonyl (C=O) groups is 2. The number of carbonyl (C=O) groups excluding carboxylic acids is 2. The number of fused-ring (bicyclic) bond motifs is 1. The average molecular weight is 591 g/mol. The maximum absolute atomic E-state index is 13.9. The van der Waals surface area contributed by atoms with E-state index in [1.54, 1.807) is 6.92 Å². The first-order chi connectivity index (χ1) is 18.1. The molecule has 1 aromatic heterocycles. The summed E-state index contributed by atoms with van der Waals surface area (Å²) in [5.41, 5.74) is 3.04. The molecule has 1 fully saturated rings. The van der Waals surface area contributed by atoms with Crippen molar-refractivity contribution in [1.29, 1.82) is 0 Å². The molecule has 208 valence electrons. The van der Waals surface area contributed by atoms with E-state index in [2.05, 4.69) is 5.32 Å². The Bertz CT molecular complexity index is 1480. The van der Waals surface area contributed by atoms with Crippen LogP contribution in [0.5, 0.6) is 0 Å². The highest BCUT2D eigenvalue weighted by Crippen LogP contribution is 2.38. The number of benzene rings is 2. The van der Waals surface area contributed by atoms with Crippen LogP contribution in [0.4, 0.5) is 26.3 Å². The number of halogens is 7. The maximum Gasteiger partial charge on any atom is 0.416 e. The highest BCUT2D eigenvalue weighted by Gasteiger charge is 2.47. The molecular weight excluding hydrogens is 570 g/mol. The molecule has 4 N–H and O–H groups in total. The third-order valence-electron chi connectivity index (χ3n) is 6.51. The lowest BCUT2D eigenvalue weighted by atomic mass is 10.0. The quantitative estimate of drug-likeness (QED) is 0.236. The standard InChI is InChI=1S/C25H21ClF6N4O2S/c1-2-36-17-11-16(26)15(20(37)35-23(6-7-23)22(33)39)9-13(17)10-18(36)21(38)34-19(25(30,31)32)12-4-3-5-14(8-12)24(27,28)29/h3-5,8-11,19H,2,6-7H2,1H3,(H2,33,39)(H,34,38)(H,35,37). The molecule has 3 aromatic rings. The first-order valence-electron chi connectivity index (χ1n) is 11.6. The van der Waals surface area contributed by atoms with Gasteiger partial charge in [0, 0.05) is 11.9 Å². The van der Waals surface area contributed by atoms with Gasteiger partial charge < -0.3 is 20.9 Å². The van der Waals surface area contributed by atoms with Crippen molar-refractivity contribution in [2.24, 2.45) is 5.73 Å². The molecule has 14 heteroatoms. The number of thiocarbonyl (C=S) groups is 1. The Morgan fingerprint density at radius 1 is 1.10 bits per heavy atom. The zero-order chi connectivity index (χ0) is 28.9. The van der Waals surface area contributed by atoms with Crippen molar-refractivity contribution in [3.63, 3.8) is 0 Å². The molecule has 0 saturated heterocycles. The Morgan fingerprint density at radius 2 is 1.77 bits per heavy atom. The van der Waals surface area contributed by atoms with Gasteiger partial charge in [-0.25, -0.2) is 0 Å².